The molecule has 0 amide bonds. The van der Waals surface area contributed by atoms with Crippen molar-refractivity contribution in [3.8, 4) is 46.0 Å². The van der Waals surface area contributed by atoms with Crippen LogP contribution in [0, 0.1) is 0 Å². The van der Waals surface area contributed by atoms with Crippen molar-refractivity contribution in [2.75, 3.05) is 110 Å². The molecule has 0 spiro atoms. The van der Waals surface area contributed by atoms with E-state index >= 15 is 0 Å². The van der Waals surface area contributed by atoms with E-state index in [-0.39, 0.29) is 28.9 Å². The highest BCUT2D eigenvalue weighted by atomic mass is 32.2. The summed E-state index contributed by atoms with van der Waals surface area (Å²) in [6.07, 6.45) is 5.85. The van der Waals surface area contributed by atoms with E-state index in [0.29, 0.717) is 107 Å². The lowest BCUT2D eigenvalue weighted by Crippen LogP contribution is -2.53. The average Bonchev–Trinajstić information content (AvgIpc) is 3.46. The van der Waals surface area contributed by atoms with Gasteiger partial charge in [-0.3, -0.25) is 9.59 Å². The number of benzene rings is 5. The number of fused-ring (bicyclic) bond motifs is 2. The fourth-order valence-electron chi connectivity index (χ4n) is 10.5. The molecule has 0 bridgehead atoms. The highest BCUT2D eigenvalue weighted by Gasteiger charge is 2.42. The number of ether oxygens (including phenoxy) is 10. The molecule has 2 aliphatic rings. The van der Waals surface area contributed by atoms with E-state index in [2.05, 4.69) is 50.5 Å². The van der Waals surface area contributed by atoms with Gasteiger partial charge >= 0.3 is 11.9 Å². The van der Waals surface area contributed by atoms with E-state index in [1.54, 1.807) is 62.9 Å². The molecule has 2 heterocycles. The van der Waals surface area contributed by atoms with Crippen molar-refractivity contribution in [2.24, 2.45) is 0 Å². The molecule has 5 aromatic carbocycles. The number of unbranched alkanes of at least 4 members (excludes halogenated alkanes) is 2. The lowest BCUT2D eigenvalue weighted by Gasteiger charge is -2.46. The predicted octanol–water partition coefficient (Wildman–Crippen LogP) is 8.66. The summed E-state index contributed by atoms with van der Waals surface area (Å²) in [6.45, 7) is 3.57. The zero-order valence-electron chi connectivity index (χ0n) is 46.3. The number of hydrogen-bond acceptors (Lipinski definition) is 15. The summed E-state index contributed by atoms with van der Waals surface area (Å²) in [7, 11) is 13.4. The molecule has 4 atom stereocenters. The Kier molecular flexibility index (Phi) is 21.3. The first-order valence-corrected chi connectivity index (χ1v) is 27.3. The average molecular weight is 1090 g/mol. The zero-order chi connectivity index (χ0) is 55.8. The van der Waals surface area contributed by atoms with Crippen LogP contribution in [0.5, 0.6) is 46.0 Å². The maximum atomic E-state index is 13.2. The van der Waals surface area contributed by atoms with Gasteiger partial charge in [0.1, 0.15) is 22.2 Å². The number of carbonyl (C=O) groups excluding carboxylic acids is 2. The molecule has 0 radical (unpaired) electrons. The Hall–Kier alpha value is -6.73. The van der Waals surface area contributed by atoms with E-state index in [9.17, 15) is 22.6 Å². The molecule has 0 N–H and O–H groups in total. The summed E-state index contributed by atoms with van der Waals surface area (Å²) in [4.78, 5) is 26.2. The minimum absolute atomic E-state index is 0.0393. The number of hydrogen-bond donors (Lipinski definition) is 0. The lowest BCUT2D eigenvalue weighted by molar-refractivity contribution is -0.940. The van der Waals surface area contributed by atoms with Crippen molar-refractivity contribution >= 4 is 22.1 Å². The van der Waals surface area contributed by atoms with Crippen LogP contribution >= 0.6 is 0 Å². The van der Waals surface area contributed by atoms with E-state index in [1.807, 2.05) is 24.3 Å². The molecule has 0 aromatic heterocycles. The molecule has 18 heteroatoms. The lowest BCUT2D eigenvalue weighted by atomic mass is 9.86. The number of rotatable bonds is 25. The molecule has 0 aliphatic carbocycles. The van der Waals surface area contributed by atoms with E-state index in [1.165, 1.54) is 46.5 Å². The maximum absolute atomic E-state index is 13.2. The maximum Gasteiger partial charge on any atom is 0.311 e. The molecular weight excluding hydrogens is 1010 g/mol. The molecule has 418 valence electrons. The van der Waals surface area contributed by atoms with Crippen LogP contribution in [-0.2, 0) is 54.9 Å². The van der Waals surface area contributed by atoms with Crippen molar-refractivity contribution in [3.63, 3.8) is 0 Å². The predicted molar refractivity (Wildman–Crippen MR) is 290 cm³/mol. The molecule has 17 nitrogen and oxygen atoms in total. The van der Waals surface area contributed by atoms with Crippen molar-refractivity contribution in [1.29, 1.82) is 0 Å². The number of likely N-dealkylation sites (N-methyl/N-ethyl adjacent to an activating group) is 2. The second-order valence-electron chi connectivity index (χ2n) is 19.8. The van der Waals surface area contributed by atoms with Crippen LogP contribution in [0.1, 0.15) is 77.6 Å². The molecule has 2 aliphatic heterocycles. The zero-order valence-corrected chi connectivity index (χ0v) is 47.2. The molecule has 77 heavy (non-hydrogen) atoms. The first-order chi connectivity index (χ1) is 37.0. The van der Waals surface area contributed by atoms with Crippen molar-refractivity contribution < 1.29 is 78.9 Å². The Morgan fingerprint density at radius 1 is 0.494 bits per heavy atom. The summed E-state index contributed by atoms with van der Waals surface area (Å²) >= 11 is 0. The molecule has 7 rings (SSSR count). The smallest absolute Gasteiger partial charge is 0.311 e. The van der Waals surface area contributed by atoms with Crippen LogP contribution in [0.15, 0.2) is 95.9 Å². The number of esters is 2. The largest absolute Gasteiger partial charge is 0.744 e. The van der Waals surface area contributed by atoms with E-state index in [4.69, 9.17) is 47.4 Å². The number of nitrogens with zero attached hydrogens (tertiary/aromatic N) is 2. The Balaban J connectivity index is 0.000000861. The minimum Gasteiger partial charge on any atom is -0.744 e. The van der Waals surface area contributed by atoms with Crippen LogP contribution in [0.25, 0.3) is 0 Å². The van der Waals surface area contributed by atoms with Gasteiger partial charge in [-0.05, 0) is 102 Å². The van der Waals surface area contributed by atoms with Gasteiger partial charge in [0.2, 0.25) is 0 Å². The third-order valence-electron chi connectivity index (χ3n) is 15.1. The van der Waals surface area contributed by atoms with Gasteiger partial charge in [-0.25, -0.2) is 8.42 Å². The van der Waals surface area contributed by atoms with Crippen LogP contribution in [0.4, 0.5) is 0 Å². The fourth-order valence-corrected chi connectivity index (χ4v) is 11.0. The summed E-state index contributed by atoms with van der Waals surface area (Å²) < 4.78 is 88.7. The van der Waals surface area contributed by atoms with E-state index in [0.717, 1.165) is 56.3 Å². The Morgan fingerprint density at radius 3 is 1.21 bits per heavy atom. The monoisotopic (exact) mass is 1090 g/mol. The van der Waals surface area contributed by atoms with Gasteiger partial charge in [0.25, 0.3) is 0 Å². The first kappa shape index (κ1) is 59.5. The molecule has 0 fully saturated rings. The highest BCUT2D eigenvalue weighted by molar-refractivity contribution is 7.85. The number of methoxy groups -OCH3 is 8. The fraction of sp³-hybridized carbons (Fsp3) is 0.458. The third kappa shape index (κ3) is 15.3. The van der Waals surface area contributed by atoms with Gasteiger partial charge in [-0.2, -0.15) is 0 Å². The first-order valence-electron chi connectivity index (χ1n) is 25.9. The third-order valence-corrected chi connectivity index (χ3v) is 15.9. The quantitative estimate of drug-likeness (QED) is 0.0234. The van der Waals surface area contributed by atoms with Crippen LogP contribution < -0.4 is 37.9 Å². The van der Waals surface area contributed by atoms with Gasteiger partial charge in [0.05, 0.1) is 128 Å². The Labute approximate surface area is 454 Å². The van der Waals surface area contributed by atoms with Gasteiger partial charge in [-0.1, -0.05) is 30.3 Å². The van der Waals surface area contributed by atoms with Crippen LogP contribution in [0.3, 0.4) is 0 Å². The van der Waals surface area contributed by atoms with Gasteiger partial charge in [0.15, 0.2) is 46.0 Å². The standard InChI is InChI=1S/C53H72N2O12.C6H6O3S/c1-54(22-18-38-32-48(62-7)50(64-9)34-40(38)42(54)28-36-14-16-44(58-3)46(30-36)60-5)24-20-52(56)66-26-12-11-13-27-67-53(57)21-25-55(2)23-19-39-33-49(63-8)51(65-10)35-41(39)43(55)29-37-15-17-45(59-4)47(31-37)61-6;7-10(8,9)6-4-2-1-3-5-6/h14-17,30-35,42-43H,11-13,18-29H2,1-10H3;1-5H,(H,7,8,9)/q+2;/p-1/t42-,43?,54-,55-;/m1./s1. The van der Waals surface area contributed by atoms with Crippen LogP contribution in [0.2, 0.25) is 0 Å². The minimum atomic E-state index is -4.25. The summed E-state index contributed by atoms with van der Waals surface area (Å²) in [5.74, 6) is 5.06. The normalized spacial score (nSPS) is 18.5. The Morgan fingerprint density at radius 2 is 0.857 bits per heavy atom. The van der Waals surface area contributed by atoms with E-state index < -0.39 is 10.1 Å². The molecule has 0 saturated carbocycles. The highest BCUT2D eigenvalue weighted by Crippen LogP contribution is 2.45. The van der Waals surface area contributed by atoms with Crippen LogP contribution in [-0.4, -0.2) is 144 Å². The summed E-state index contributed by atoms with van der Waals surface area (Å²) in [6, 6.07) is 27.7. The topological polar surface area (TPSA) is 184 Å². The van der Waals surface area contributed by atoms with Crippen molar-refractivity contribution in [1.82, 2.24) is 0 Å². The van der Waals surface area contributed by atoms with Gasteiger partial charge in [-0.15, -0.1) is 0 Å². The second-order valence-corrected chi connectivity index (χ2v) is 21.1. The summed E-state index contributed by atoms with van der Waals surface area (Å²) in [5, 5.41) is 0. The number of quaternary nitrogens is 2. The molecule has 0 saturated heterocycles. The van der Waals surface area contributed by atoms with Gasteiger partial charge < -0.3 is 60.9 Å². The Bertz CT molecular complexity index is 2720. The van der Waals surface area contributed by atoms with Gasteiger partial charge in [0, 0.05) is 36.8 Å². The molecule has 5 aromatic rings. The van der Waals surface area contributed by atoms with Crippen molar-refractivity contribution in [3.05, 3.63) is 124 Å². The second kappa shape index (κ2) is 27.5. The molecule has 1 unspecified atom stereocenters. The molecular formula is C59H77N2O15S+. The van der Waals surface area contributed by atoms with Crippen molar-refractivity contribution in [2.45, 2.75) is 74.8 Å². The number of carbonyl (C=O) groups is 2. The SMILES string of the molecule is COc1ccc(CC2c3cc(OC)c(OC)cc3CC[N@+]2(C)CCC(=O)OCCCCCOC(=O)CC[N@@+]2(C)CCc3cc(OC)c(OC)cc3[C@H]2Cc2ccc(OC)c(OC)c2)cc1OC.O=S(=O)([O-])c1ccccc1. The summed E-state index contributed by atoms with van der Waals surface area (Å²) in [5.41, 5.74) is 7.00.